The molecular formula is C38H40N2. The van der Waals surface area contributed by atoms with Crippen LogP contribution in [0, 0.1) is 0 Å². The Morgan fingerprint density at radius 3 is 0.900 bits per heavy atom. The second-order valence-corrected chi connectivity index (χ2v) is 10.7. The van der Waals surface area contributed by atoms with Crippen molar-refractivity contribution in [1.82, 2.24) is 0 Å². The van der Waals surface area contributed by atoms with Gasteiger partial charge in [0, 0.05) is 34.1 Å². The van der Waals surface area contributed by atoms with E-state index in [1.165, 1.54) is 11.1 Å². The summed E-state index contributed by atoms with van der Waals surface area (Å²) in [6, 6.07) is 48.2. The smallest absolute Gasteiger partial charge is 0.0463 e. The molecule has 0 bridgehead atoms. The lowest BCUT2D eigenvalue weighted by Crippen LogP contribution is -2.12. The van der Waals surface area contributed by atoms with E-state index in [9.17, 15) is 0 Å². The maximum absolute atomic E-state index is 2.33. The molecule has 0 aliphatic rings. The van der Waals surface area contributed by atoms with Crippen LogP contribution >= 0.6 is 0 Å². The van der Waals surface area contributed by atoms with E-state index >= 15 is 0 Å². The van der Waals surface area contributed by atoms with E-state index in [1.54, 1.807) is 0 Å². The molecule has 0 aliphatic heterocycles. The first-order valence-corrected chi connectivity index (χ1v) is 14.6. The van der Waals surface area contributed by atoms with E-state index in [0.717, 1.165) is 47.0 Å². The maximum atomic E-state index is 2.33. The van der Waals surface area contributed by atoms with E-state index in [0.29, 0.717) is 11.8 Å². The average Bonchev–Trinajstić information content (AvgIpc) is 3.03. The molecule has 202 valence electrons. The molecule has 0 N–H and O–H groups in total. The van der Waals surface area contributed by atoms with Gasteiger partial charge in [-0.2, -0.15) is 0 Å². The summed E-state index contributed by atoms with van der Waals surface area (Å²) in [6.07, 6.45) is 2.28. The molecular weight excluding hydrogens is 484 g/mol. The average molecular weight is 525 g/mol. The Hall–Kier alpha value is -4.30. The Labute approximate surface area is 240 Å². The van der Waals surface area contributed by atoms with E-state index in [-0.39, 0.29) is 0 Å². The van der Waals surface area contributed by atoms with Crippen LogP contribution in [0.5, 0.6) is 0 Å². The fraction of sp³-hybridized carbons (Fsp3) is 0.211. The van der Waals surface area contributed by atoms with Gasteiger partial charge in [-0.05, 0) is 109 Å². The molecule has 0 radical (unpaired) electrons. The first kappa shape index (κ1) is 27.3. The lowest BCUT2D eigenvalue weighted by Gasteiger charge is -2.28. The Balaban J connectivity index is 1.53. The summed E-state index contributed by atoms with van der Waals surface area (Å²) in [5.41, 5.74) is 9.63. The van der Waals surface area contributed by atoms with Crippen LogP contribution in [0.2, 0.25) is 0 Å². The van der Waals surface area contributed by atoms with Crippen molar-refractivity contribution < 1.29 is 0 Å². The summed E-state index contributed by atoms with van der Waals surface area (Å²) >= 11 is 0. The minimum absolute atomic E-state index is 0.557. The monoisotopic (exact) mass is 524 g/mol. The number of rotatable bonds is 10. The van der Waals surface area contributed by atoms with Crippen LogP contribution in [0.25, 0.3) is 0 Å². The third-order valence-corrected chi connectivity index (χ3v) is 8.06. The lowest BCUT2D eigenvalue weighted by molar-refractivity contribution is 0.733. The molecule has 5 aromatic carbocycles. The molecule has 0 spiro atoms. The largest absolute Gasteiger partial charge is 0.311 e. The Morgan fingerprint density at radius 2 is 0.625 bits per heavy atom. The Morgan fingerprint density at radius 1 is 0.375 bits per heavy atom. The third kappa shape index (κ3) is 5.97. The van der Waals surface area contributed by atoms with Crippen molar-refractivity contribution in [3.8, 4) is 0 Å². The maximum Gasteiger partial charge on any atom is 0.0463 e. The van der Waals surface area contributed by atoms with Gasteiger partial charge in [0.1, 0.15) is 0 Å². The number of nitrogens with zero attached hydrogens (tertiary/aromatic N) is 2. The zero-order valence-corrected chi connectivity index (χ0v) is 24.2. The van der Waals surface area contributed by atoms with Crippen LogP contribution in [-0.2, 0) is 0 Å². The zero-order valence-electron chi connectivity index (χ0n) is 24.2. The number of para-hydroxylation sites is 2. The quantitative estimate of drug-likeness (QED) is 0.179. The fourth-order valence-corrected chi connectivity index (χ4v) is 5.17. The Bertz CT molecular complexity index is 1340. The van der Waals surface area contributed by atoms with E-state index < -0.39 is 0 Å². The molecule has 0 fully saturated rings. The van der Waals surface area contributed by atoms with E-state index in [4.69, 9.17) is 0 Å². The summed E-state index contributed by atoms with van der Waals surface area (Å²) in [5.74, 6) is 1.11. The minimum Gasteiger partial charge on any atom is -0.311 e. The summed E-state index contributed by atoms with van der Waals surface area (Å²) in [5, 5.41) is 0. The SMILES string of the molecule is CCC(C)c1ccc(N(c2ccccc2)c2ccc(N(c3ccccc3)c3ccc(C(C)CC)cc3)cc2)cc1. The molecule has 0 saturated heterocycles. The molecule has 5 aromatic rings. The number of benzene rings is 5. The minimum atomic E-state index is 0.557. The summed E-state index contributed by atoms with van der Waals surface area (Å²) in [7, 11) is 0. The number of hydrogen-bond acceptors (Lipinski definition) is 2. The van der Waals surface area contributed by atoms with Crippen molar-refractivity contribution in [2.24, 2.45) is 0 Å². The Kier molecular flexibility index (Phi) is 8.66. The van der Waals surface area contributed by atoms with Gasteiger partial charge in [-0.3, -0.25) is 0 Å². The summed E-state index contributed by atoms with van der Waals surface area (Å²) in [6.45, 7) is 9.07. The highest BCUT2D eigenvalue weighted by molar-refractivity contribution is 5.81. The van der Waals surface area contributed by atoms with E-state index in [2.05, 4.69) is 171 Å². The molecule has 0 saturated carbocycles. The van der Waals surface area contributed by atoms with Crippen LogP contribution in [0.1, 0.15) is 63.5 Å². The molecule has 0 amide bonds. The molecule has 2 atom stereocenters. The van der Waals surface area contributed by atoms with Crippen molar-refractivity contribution in [3.05, 3.63) is 145 Å². The van der Waals surface area contributed by atoms with Gasteiger partial charge in [0.2, 0.25) is 0 Å². The molecule has 0 aromatic heterocycles. The molecule has 2 heteroatoms. The van der Waals surface area contributed by atoms with Gasteiger partial charge in [0.05, 0.1) is 0 Å². The van der Waals surface area contributed by atoms with Crippen molar-refractivity contribution in [2.45, 2.75) is 52.4 Å². The second-order valence-electron chi connectivity index (χ2n) is 10.7. The van der Waals surface area contributed by atoms with Crippen molar-refractivity contribution >= 4 is 34.1 Å². The number of anilines is 6. The van der Waals surface area contributed by atoms with Crippen LogP contribution in [0.4, 0.5) is 34.1 Å². The van der Waals surface area contributed by atoms with Crippen molar-refractivity contribution in [3.63, 3.8) is 0 Å². The highest BCUT2D eigenvalue weighted by Gasteiger charge is 2.16. The lowest BCUT2D eigenvalue weighted by atomic mass is 9.98. The first-order valence-electron chi connectivity index (χ1n) is 14.6. The highest BCUT2D eigenvalue weighted by Crippen LogP contribution is 2.39. The van der Waals surface area contributed by atoms with Gasteiger partial charge in [0.15, 0.2) is 0 Å². The predicted molar refractivity (Wildman–Crippen MR) is 173 cm³/mol. The van der Waals surface area contributed by atoms with Gasteiger partial charge in [-0.25, -0.2) is 0 Å². The standard InChI is InChI=1S/C38H40N2/c1-5-29(3)31-17-21-35(22-18-31)39(33-13-9-7-10-14-33)37-25-27-38(28-26-37)40(34-15-11-8-12-16-34)36-23-19-32(20-24-36)30(4)6-2/h7-30H,5-6H2,1-4H3. The number of hydrogen-bond donors (Lipinski definition) is 0. The zero-order chi connectivity index (χ0) is 27.9. The molecule has 40 heavy (non-hydrogen) atoms. The molecule has 0 aliphatic carbocycles. The van der Waals surface area contributed by atoms with Crippen LogP contribution in [0.15, 0.2) is 133 Å². The molecule has 0 heterocycles. The van der Waals surface area contributed by atoms with Crippen LogP contribution in [-0.4, -0.2) is 0 Å². The van der Waals surface area contributed by atoms with Crippen molar-refractivity contribution in [1.29, 1.82) is 0 Å². The molecule has 2 nitrogen and oxygen atoms in total. The van der Waals surface area contributed by atoms with Crippen LogP contribution in [0.3, 0.4) is 0 Å². The predicted octanol–water partition coefficient (Wildman–Crippen LogP) is 11.7. The second kappa shape index (κ2) is 12.7. The van der Waals surface area contributed by atoms with Gasteiger partial charge in [0.25, 0.3) is 0 Å². The molecule has 2 unspecified atom stereocenters. The summed E-state index contributed by atoms with van der Waals surface area (Å²) in [4.78, 5) is 4.66. The van der Waals surface area contributed by atoms with Gasteiger partial charge in [-0.1, -0.05) is 88.4 Å². The third-order valence-electron chi connectivity index (χ3n) is 8.06. The topological polar surface area (TPSA) is 6.48 Å². The van der Waals surface area contributed by atoms with Gasteiger partial charge >= 0.3 is 0 Å². The normalized spacial score (nSPS) is 12.5. The molecule has 5 rings (SSSR count). The van der Waals surface area contributed by atoms with Gasteiger partial charge in [-0.15, -0.1) is 0 Å². The fourth-order valence-electron chi connectivity index (χ4n) is 5.17. The first-order chi connectivity index (χ1) is 19.6. The van der Waals surface area contributed by atoms with Crippen molar-refractivity contribution in [2.75, 3.05) is 9.80 Å². The van der Waals surface area contributed by atoms with Gasteiger partial charge < -0.3 is 9.80 Å². The van der Waals surface area contributed by atoms with Crippen LogP contribution < -0.4 is 9.80 Å². The van der Waals surface area contributed by atoms with E-state index in [1.807, 2.05) is 0 Å². The highest BCUT2D eigenvalue weighted by atomic mass is 15.2. The summed E-state index contributed by atoms with van der Waals surface area (Å²) < 4.78 is 0.